The van der Waals surface area contributed by atoms with Gasteiger partial charge in [-0.25, -0.2) is 0 Å². The van der Waals surface area contributed by atoms with Crippen molar-refractivity contribution in [1.29, 1.82) is 0 Å². The molecule has 0 aliphatic carbocycles. The summed E-state index contributed by atoms with van der Waals surface area (Å²) in [5.41, 5.74) is 0. The SMILES string of the molecule is CC(=O)N(CCOCCO)C1CCCN(C)C1. The molecule has 0 aromatic heterocycles. The maximum atomic E-state index is 11.6. The molecule has 1 heterocycles. The molecule has 1 N–H and O–H groups in total. The van der Waals surface area contributed by atoms with Gasteiger partial charge in [0.25, 0.3) is 0 Å². The molecule has 0 aromatic rings. The van der Waals surface area contributed by atoms with Crippen molar-refractivity contribution < 1.29 is 14.6 Å². The van der Waals surface area contributed by atoms with Crippen LogP contribution in [0.4, 0.5) is 0 Å². The predicted molar refractivity (Wildman–Crippen MR) is 65.8 cm³/mol. The lowest BCUT2D eigenvalue weighted by Gasteiger charge is -2.37. The van der Waals surface area contributed by atoms with Crippen LogP contribution in [0.15, 0.2) is 0 Å². The van der Waals surface area contributed by atoms with Gasteiger partial charge in [0.15, 0.2) is 0 Å². The monoisotopic (exact) mass is 244 g/mol. The smallest absolute Gasteiger partial charge is 0.219 e. The molecule has 0 aromatic carbocycles. The minimum Gasteiger partial charge on any atom is -0.394 e. The highest BCUT2D eigenvalue weighted by Crippen LogP contribution is 2.14. The average Bonchev–Trinajstić information content (AvgIpc) is 2.28. The van der Waals surface area contributed by atoms with E-state index in [0.29, 0.717) is 25.8 Å². The van der Waals surface area contributed by atoms with Crippen LogP contribution in [0.3, 0.4) is 0 Å². The van der Waals surface area contributed by atoms with Crippen molar-refractivity contribution in [2.45, 2.75) is 25.8 Å². The number of rotatable bonds is 6. The Balaban J connectivity index is 2.38. The van der Waals surface area contributed by atoms with Gasteiger partial charge in [0.2, 0.25) is 5.91 Å². The van der Waals surface area contributed by atoms with Crippen molar-refractivity contribution in [3.8, 4) is 0 Å². The number of carbonyl (C=O) groups is 1. The molecule has 100 valence electrons. The number of amides is 1. The van der Waals surface area contributed by atoms with Crippen molar-refractivity contribution in [3.05, 3.63) is 0 Å². The number of likely N-dealkylation sites (N-methyl/N-ethyl adjacent to an activating group) is 1. The molecule has 1 unspecified atom stereocenters. The molecule has 1 amide bonds. The highest BCUT2D eigenvalue weighted by Gasteiger charge is 2.24. The molecule has 1 rings (SSSR count). The zero-order chi connectivity index (χ0) is 12.7. The van der Waals surface area contributed by atoms with Gasteiger partial charge in [-0.3, -0.25) is 4.79 Å². The summed E-state index contributed by atoms with van der Waals surface area (Å²) in [5, 5.41) is 8.61. The Hall–Kier alpha value is -0.650. The first-order valence-corrected chi connectivity index (χ1v) is 6.29. The van der Waals surface area contributed by atoms with Gasteiger partial charge in [0, 0.05) is 26.1 Å². The number of likely N-dealkylation sites (tertiary alicyclic amines) is 1. The molecule has 17 heavy (non-hydrogen) atoms. The van der Waals surface area contributed by atoms with Crippen molar-refractivity contribution in [2.24, 2.45) is 0 Å². The van der Waals surface area contributed by atoms with Crippen LogP contribution in [0, 0.1) is 0 Å². The van der Waals surface area contributed by atoms with Crippen molar-refractivity contribution in [2.75, 3.05) is 46.5 Å². The lowest BCUT2D eigenvalue weighted by atomic mass is 10.0. The van der Waals surface area contributed by atoms with Gasteiger partial charge < -0.3 is 19.6 Å². The summed E-state index contributed by atoms with van der Waals surface area (Å²) in [4.78, 5) is 15.8. The second kappa shape index (κ2) is 7.63. The molecule has 0 bridgehead atoms. The maximum Gasteiger partial charge on any atom is 0.219 e. The number of aliphatic hydroxyl groups excluding tert-OH is 1. The van der Waals surface area contributed by atoms with E-state index in [1.54, 1.807) is 6.92 Å². The van der Waals surface area contributed by atoms with E-state index in [-0.39, 0.29) is 12.5 Å². The Morgan fingerprint density at radius 3 is 2.88 bits per heavy atom. The van der Waals surface area contributed by atoms with Crippen molar-refractivity contribution in [1.82, 2.24) is 9.80 Å². The normalized spacial score (nSPS) is 21.5. The number of nitrogens with zero attached hydrogens (tertiary/aromatic N) is 2. The van der Waals surface area contributed by atoms with E-state index in [2.05, 4.69) is 11.9 Å². The highest BCUT2D eigenvalue weighted by atomic mass is 16.5. The first-order chi connectivity index (χ1) is 8.15. The van der Waals surface area contributed by atoms with E-state index in [1.807, 2.05) is 4.90 Å². The van der Waals surface area contributed by atoms with Crippen LogP contribution in [-0.4, -0.2) is 73.4 Å². The van der Waals surface area contributed by atoms with E-state index in [0.717, 1.165) is 25.9 Å². The van der Waals surface area contributed by atoms with Gasteiger partial charge >= 0.3 is 0 Å². The number of hydrogen-bond donors (Lipinski definition) is 1. The van der Waals surface area contributed by atoms with Gasteiger partial charge in [-0.1, -0.05) is 0 Å². The molecule has 1 saturated heterocycles. The van der Waals surface area contributed by atoms with Crippen LogP contribution in [0.1, 0.15) is 19.8 Å². The van der Waals surface area contributed by atoms with Crippen LogP contribution in [0.25, 0.3) is 0 Å². The molecule has 0 spiro atoms. The average molecular weight is 244 g/mol. The van der Waals surface area contributed by atoms with E-state index in [9.17, 15) is 4.79 Å². The van der Waals surface area contributed by atoms with E-state index in [4.69, 9.17) is 9.84 Å². The summed E-state index contributed by atoms with van der Waals surface area (Å²) in [6, 6.07) is 0.309. The molecule has 0 radical (unpaired) electrons. The van der Waals surface area contributed by atoms with Crippen molar-refractivity contribution in [3.63, 3.8) is 0 Å². The number of carbonyl (C=O) groups excluding carboxylic acids is 1. The summed E-state index contributed by atoms with van der Waals surface area (Å²) in [5.74, 6) is 0.109. The summed E-state index contributed by atoms with van der Waals surface area (Å²) in [7, 11) is 2.09. The highest BCUT2D eigenvalue weighted by molar-refractivity contribution is 5.73. The van der Waals surface area contributed by atoms with Crippen LogP contribution >= 0.6 is 0 Å². The molecule has 1 aliphatic rings. The number of aliphatic hydroxyl groups is 1. The Labute approximate surface area is 103 Å². The van der Waals surface area contributed by atoms with Gasteiger partial charge in [-0.15, -0.1) is 0 Å². The Kier molecular flexibility index (Phi) is 6.47. The van der Waals surface area contributed by atoms with E-state index in [1.165, 1.54) is 0 Å². The fourth-order valence-corrected chi connectivity index (χ4v) is 2.32. The third-order valence-corrected chi connectivity index (χ3v) is 3.16. The number of ether oxygens (including phenoxy) is 1. The van der Waals surface area contributed by atoms with E-state index >= 15 is 0 Å². The molecule has 1 aliphatic heterocycles. The summed E-state index contributed by atoms with van der Waals surface area (Å²) >= 11 is 0. The Morgan fingerprint density at radius 1 is 1.53 bits per heavy atom. The predicted octanol–water partition coefficient (Wildman–Crippen LogP) is -0.0620. The Bertz CT molecular complexity index is 236. The van der Waals surface area contributed by atoms with E-state index < -0.39 is 0 Å². The summed E-state index contributed by atoms with van der Waals surface area (Å²) in [6.45, 7) is 5.17. The van der Waals surface area contributed by atoms with Crippen LogP contribution in [0.5, 0.6) is 0 Å². The minimum atomic E-state index is 0.0340. The summed E-state index contributed by atoms with van der Waals surface area (Å²) < 4.78 is 5.22. The zero-order valence-corrected chi connectivity index (χ0v) is 10.9. The van der Waals surface area contributed by atoms with Crippen LogP contribution in [0.2, 0.25) is 0 Å². The second-order valence-electron chi connectivity index (χ2n) is 4.61. The fourth-order valence-electron chi connectivity index (χ4n) is 2.32. The third-order valence-electron chi connectivity index (χ3n) is 3.16. The van der Waals surface area contributed by atoms with Gasteiger partial charge in [-0.05, 0) is 26.4 Å². The van der Waals surface area contributed by atoms with Crippen LogP contribution in [-0.2, 0) is 9.53 Å². The molecule has 0 saturated carbocycles. The van der Waals surface area contributed by atoms with Gasteiger partial charge in [0.1, 0.15) is 0 Å². The Morgan fingerprint density at radius 2 is 2.29 bits per heavy atom. The fraction of sp³-hybridized carbons (Fsp3) is 0.917. The van der Waals surface area contributed by atoms with Crippen molar-refractivity contribution >= 4 is 5.91 Å². The number of hydrogen-bond acceptors (Lipinski definition) is 4. The number of piperidine rings is 1. The lowest BCUT2D eigenvalue weighted by Crippen LogP contribution is -2.49. The third kappa shape index (κ3) is 5.02. The molecular weight excluding hydrogens is 220 g/mol. The topological polar surface area (TPSA) is 53.0 Å². The first kappa shape index (κ1) is 14.4. The first-order valence-electron chi connectivity index (χ1n) is 6.29. The van der Waals surface area contributed by atoms with Crippen LogP contribution < -0.4 is 0 Å². The van der Waals surface area contributed by atoms with Gasteiger partial charge in [-0.2, -0.15) is 0 Å². The maximum absolute atomic E-state index is 11.6. The molecular formula is C12H24N2O3. The molecule has 1 fully saturated rings. The molecule has 5 nitrogen and oxygen atoms in total. The zero-order valence-electron chi connectivity index (χ0n) is 10.9. The molecule has 5 heteroatoms. The second-order valence-corrected chi connectivity index (χ2v) is 4.61. The standard InChI is InChI=1S/C12H24N2O3/c1-11(16)14(6-8-17-9-7-15)12-4-3-5-13(2)10-12/h12,15H,3-10H2,1-2H3. The van der Waals surface area contributed by atoms with Gasteiger partial charge in [0.05, 0.1) is 19.8 Å². The lowest BCUT2D eigenvalue weighted by molar-refractivity contribution is -0.133. The summed E-state index contributed by atoms with van der Waals surface area (Å²) in [6.07, 6.45) is 2.21. The molecule has 1 atom stereocenters. The minimum absolute atomic E-state index is 0.0340. The quantitative estimate of drug-likeness (QED) is 0.665. The largest absolute Gasteiger partial charge is 0.394 e.